The minimum Gasteiger partial charge on any atom is -0.341 e. The Morgan fingerprint density at radius 2 is 2.39 bits per heavy atom. The van der Waals surface area contributed by atoms with Crippen LogP contribution < -0.4 is 10.2 Å². The maximum absolute atomic E-state index is 12.2. The average molecular weight is 248 g/mol. The van der Waals surface area contributed by atoms with Crippen LogP contribution >= 0.6 is 0 Å². The van der Waals surface area contributed by atoms with Gasteiger partial charge in [-0.15, -0.1) is 0 Å². The first kappa shape index (κ1) is 12.3. The summed E-state index contributed by atoms with van der Waals surface area (Å²) in [6, 6.07) is -0.442. The van der Waals surface area contributed by atoms with Gasteiger partial charge in [-0.3, -0.25) is 14.3 Å². The van der Waals surface area contributed by atoms with Crippen LogP contribution in [0.3, 0.4) is 0 Å². The molecule has 18 heavy (non-hydrogen) atoms. The van der Waals surface area contributed by atoms with Gasteiger partial charge in [0.15, 0.2) is 0 Å². The van der Waals surface area contributed by atoms with E-state index in [-0.39, 0.29) is 17.9 Å². The highest BCUT2D eigenvalue weighted by Gasteiger charge is 2.38. The summed E-state index contributed by atoms with van der Waals surface area (Å²) >= 11 is 0. The zero-order valence-electron chi connectivity index (χ0n) is 10.5. The van der Waals surface area contributed by atoms with E-state index in [0.29, 0.717) is 6.42 Å². The number of nitrogens with zero attached hydrogens (tertiary/aromatic N) is 3. The second-order valence-electron chi connectivity index (χ2n) is 4.43. The molecule has 6 heteroatoms. The van der Waals surface area contributed by atoms with Gasteiger partial charge in [0.05, 0.1) is 11.9 Å². The van der Waals surface area contributed by atoms with E-state index in [0.717, 1.165) is 5.69 Å². The summed E-state index contributed by atoms with van der Waals surface area (Å²) in [6.45, 7) is 5.33. The van der Waals surface area contributed by atoms with Gasteiger partial charge in [-0.05, 0) is 19.4 Å². The number of rotatable bonds is 3. The van der Waals surface area contributed by atoms with E-state index < -0.39 is 6.04 Å². The van der Waals surface area contributed by atoms with Gasteiger partial charge in [0, 0.05) is 19.3 Å². The third-order valence-electron chi connectivity index (χ3n) is 3.02. The molecule has 0 aliphatic carbocycles. The Morgan fingerprint density at radius 3 is 2.94 bits per heavy atom. The molecule has 96 valence electrons. The molecular formula is C12H16N4O2. The predicted molar refractivity (Wildman–Crippen MR) is 66.9 cm³/mol. The van der Waals surface area contributed by atoms with Crippen molar-refractivity contribution in [2.75, 3.05) is 4.90 Å². The first-order valence-electron chi connectivity index (χ1n) is 5.77. The smallest absolute Gasteiger partial charge is 0.249 e. The standard InChI is InChI=1S/C12H16N4O2/c1-4-11(17)14-10-5-8(2)16(12(10)18)9-6-13-15(3)7-9/h4,6-8,10H,1,5H2,2-3H3,(H,14,17). The average Bonchev–Trinajstić information content (AvgIpc) is 2.84. The third kappa shape index (κ3) is 2.13. The Balaban J connectivity index is 2.16. The molecule has 1 aliphatic rings. The molecule has 1 aliphatic heterocycles. The normalized spacial score (nSPS) is 23.2. The summed E-state index contributed by atoms with van der Waals surface area (Å²) in [5.74, 6) is -0.431. The number of aromatic nitrogens is 2. The molecule has 6 nitrogen and oxygen atoms in total. The van der Waals surface area contributed by atoms with Crippen LogP contribution in [0.4, 0.5) is 5.69 Å². The van der Waals surface area contributed by atoms with E-state index >= 15 is 0 Å². The summed E-state index contributed by atoms with van der Waals surface area (Å²) in [7, 11) is 1.80. The van der Waals surface area contributed by atoms with Crippen molar-refractivity contribution in [2.24, 2.45) is 7.05 Å². The molecule has 1 aromatic heterocycles. The molecule has 1 aromatic rings. The minimum absolute atomic E-state index is 0.0387. The van der Waals surface area contributed by atoms with Crippen LogP contribution in [-0.4, -0.2) is 33.7 Å². The largest absolute Gasteiger partial charge is 0.341 e. The minimum atomic E-state index is -0.481. The maximum Gasteiger partial charge on any atom is 0.249 e. The Kier molecular flexibility index (Phi) is 3.18. The Morgan fingerprint density at radius 1 is 1.67 bits per heavy atom. The van der Waals surface area contributed by atoms with E-state index in [9.17, 15) is 9.59 Å². The van der Waals surface area contributed by atoms with Crippen molar-refractivity contribution in [1.82, 2.24) is 15.1 Å². The first-order valence-corrected chi connectivity index (χ1v) is 5.77. The lowest BCUT2D eigenvalue weighted by atomic mass is 10.2. The lowest BCUT2D eigenvalue weighted by molar-refractivity contribution is -0.123. The molecule has 0 saturated carbocycles. The SMILES string of the molecule is C=CC(=O)NC1CC(C)N(c2cnn(C)c2)C1=O. The van der Waals surface area contributed by atoms with Gasteiger partial charge in [0.25, 0.3) is 0 Å². The van der Waals surface area contributed by atoms with Crippen LogP contribution in [-0.2, 0) is 16.6 Å². The highest BCUT2D eigenvalue weighted by Crippen LogP contribution is 2.26. The van der Waals surface area contributed by atoms with Gasteiger partial charge >= 0.3 is 0 Å². The summed E-state index contributed by atoms with van der Waals surface area (Å²) in [5, 5.41) is 6.69. The molecule has 2 amide bonds. The lowest BCUT2D eigenvalue weighted by Crippen LogP contribution is -2.41. The topological polar surface area (TPSA) is 67.2 Å². The fraction of sp³-hybridized carbons (Fsp3) is 0.417. The first-order chi connectivity index (χ1) is 8.52. The van der Waals surface area contributed by atoms with Crippen LogP contribution in [0, 0.1) is 0 Å². The molecule has 2 rings (SSSR count). The Labute approximate surface area is 105 Å². The molecule has 1 saturated heterocycles. The van der Waals surface area contributed by atoms with Crippen molar-refractivity contribution in [2.45, 2.75) is 25.4 Å². The number of hydrogen-bond acceptors (Lipinski definition) is 3. The van der Waals surface area contributed by atoms with E-state index in [2.05, 4.69) is 17.0 Å². The molecule has 2 heterocycles. The van der Waals surface area contributed by atoms with Crippen molar-refractivity contribution in [3.63, 3.8) is 0 Å². The Bertz CT molecular complexity index is 494. The van der Waals surface area contributed by atoms with E-state index in [4.69, 9.17) is 0 Å². The molecule has 1 N–H and O–H groups in total. The van der Waals surface area contributed by atoms with Crippen LogP contribution in [0.5, 0.6) is 0 Å². The van der Waals surface area contributed by atoms with Crippen molar-refractivity contribution >= 4 is 17.5 Å². The number of hydrogen-bond donors (Lipinski definition) is 1. The zero-order chi connectivity index (χ0) is 13.3. The fourth-order valence-corrected chi connectivity index (χ4v) is 2.20. The molecule has 0 bridgehead atoms. The second-order valence-corrected chi connectivity index (χ2v) is 4.43. The zero-order valence-corrected chi connectivity index (χ0v) is 10.5. The van der Waals surface area contributed by atoms with Crippen LogP contribution in [0.1, 0.15) is 13.3 Å². The van der Waals surface area contributed by atoms with Gasteiger partial charge in [0.1, 0.15) is 6.04 Å². The number of anilines is 1. The van der Waals surface area contributed by atoms with Gasteiger partial charge in [-0.2, -0.15) is 5.10 Å². The molecule has 0 spiro atoms. The van der Waals surface area contributed by atoms with E-state index in [1.807, 2.05) is 6.92 Å². The van der Waals surface area contributed by atoms with Crippen molar-refractivity contribution in [3.8, 4) is 0 Å². The fourth-order valence-electron chi connectivity index (χ4n) is 2.20. The van der Waals surface area contributed by atoms with Crippen molar-refractivity contribution in [3.05, 3.63) is 25.0 Å². The van der Waals surface area contributed by atoms with E-state index in [1.165, 1.54) is 6.08 Å². The number of aryl methyl sites for hydroxylation is 1. The van der Waals surface area contributed by atoms with Gasteiger partial charge in [-0.25, -0.2) is 0 Å². The number of nitrogens with one attached hydrogen (secondary N) is 1. The summed E-state index contributed by atoms with van der Waals surface area (Å²) in [6.07, 6.45) is 5.19. The molecule has 2 atom stereocenters. The van der Waals surface area contributed by atoms with Gasteiger partial charge < -0.3 is 10.2 Å². The molecule has 0 aromatic carbocycles. The summed E-state index contributed by atoms with van der Waals surface area (Å²) in [5.41, 5.74) is 0.755. The lowest BCUT2D eigenvalue weighted by Gasteiger charge is -2.19. The number of carbonyl (C=O) groups excluding carboxylic acids is 2. The second kappa shape index (κ2) is 4.64. The predicted octanol–water partition coefficient (Wildman–Crippen LogP) is 0.216. The monoisotopic (exact) mass is 248 g/mol. The molecule has 0 radical (unpaired) electrons. The summed E-state index contributed by atoms with van der Waals surface area (Å²) in [4.78, 5) is 25.1. The van der Waals surface area contributed by atoms with Gasteiger partial charge in [0.2, 0.25) is 11.8 Å². The highest BCUT2D eigenvalue weighted by atomic mass is 16.2. The highest BCUT2D eigenvalue weighted by molar-refractivity contribution is 6.02. The van der Waals surface area contributed by atoms with Crippen LogP contribution in [0.15, 0.2) is 25.0 Å². The van der Waals surface area contributed by atoms with Gasteiger partial charge in [-0.1, -0.05) is 6.58 Å². The van der Waals surface area contributed by atoms with Crippen LogP contribution in [0.25, 0.3) is 0 Å². The molecular weight excluding hydrogens is 232 g/mol. The van der Waals surface area contributed by atoms with Crippen molar-refractivity contribution in [1.29, 1.82) is 0 Å². The van der Waals surface area contributed by atoms with E-state index in [1.54, 1.807) is 29.0 Å². The number of carbonyl (C=O) groups is 2. The molecule has 1 fully saturated rings. The Hall–Kier alpha value is -2.11. The third-order valence-corrected chi connectivity index (χ3v) is 3.02. The number of amides is 2. The summed E-state index contributed by atoms with van der Waals surface area (Å²) < 4.78 is 1.64. The van der Waals surface area contributed by atoms with Crippen molar-refractivity contribution < 1.29 is 9.59 Å². The van der Waals surface area contributed by atoms with Crippen LogP contribution in [0.2, 0.25) is 0 Å². The maximum atomic E-state index is 12.2. The quantitative estimate of drug-likeness (QED) is 0.778. The molecule has 2 unspecified atom stereocenters.